The Morgan fingerprint density at radius 2 is 1.50 bits per heavy atom. The Hall–Kier alpha value is -4.59. The van der Waals surface area contributed by atoms with E-state index in [4.69, 9.17) is 37.4 Å². The van der Waals surface area contributed by atoms with Gasteiger partial charge in [-0.3, -0.25) is 0 Å². The molecule has 0 spiro atoms. The van der Waals surface area contributed by atoms with Crippen molar-refractivity contribution in [2.75, 3.05) is 64.4 Å². The van der Waals surface area contributed by atoms with Crippen LogP contribution in [0.4, 0.5) is 29.2 Å². The van der Waals surface area contributed by atoms with Gasteiger partial charge in [0.2, 0.25) is 5.28 Å². The quantitative estimate of drug-likeness (QED) is 0.0975. The Bertz CT molecular complexity index is 2030. The number of likely N-dealkylation sites (N-methyl/N-ethyl adjacent to an activating group) is 1. The van der Waals surface area contributed by atoms with Crippen LogP contribution in [0.3, 0.4) is 0 Å². The fourth-order valence-electron chi connectivity index (χ4n) is 6.18. The molecule has 3 aromatic carbocycles. The minimum atomic E-state index is -4.93. The lowest BCUT2D eigenvalue weighted by molar-refractivity contribution is -0.137. The highest BCUT2D eigenvalue weighted by Crippen LogP contribution is 2.50. The van der Waals surface area contributed by atoms with Gasteiger partial charge in [-0.25, -0.2) is 14.4 Å². The first kappa shape index (κ1) is 37.2. The summed E-state index contributed by atoms with van der Waals surface area (Å²) in [6.07, 6.45) is -4.93. The summed E-state index contributed by atoms with van der Waals surface area (Å²) in [6.45, 7) is 3.34. The van der Waals surface area contributed by atoms with Crippen molar-refractivity contribution in [3.05, 3.63) is 93.0 Å². The maximum Gasteiger partial charge on any atom is 0.418 e. The number of benzene rings is 3. The Kier molecular flexibility index (Phi) is 10.8. The lowest BCUT2D eigenvalue weighted by Gasteiger charge is -2.27. The molecule has 6 rings (SSSR count). The predicted molar refractivity (Wildman–Crippen MR) is 195 cm³/mol. The molecule has 0 saturated heterocycles. The van der Waals surface area contributed by atoms with Gasteiger partial charge in [-0.2, -0.15) is 18.2 Å². The zero-order valence-electron chi connectivity index (χ0n) is 29.1. The van der Waals surface area contributed by atoms with E-state index in [1.165, 1.54) is 13.0 Å². The average Bonchev–Trinajstić information content (AvgIpc) is 3.29. The van der Waals surface area contributed by atoms with Crippen molar-refractivity contribution in [1.82, 2.24) is 19.9 Å². The molecule has 274 valence electrons. The number of nitrogens with zero attached hydrogens (tertiary/aromatic N) is 6. The molecule has 0 radical (unpaired) electrons. The normalized spacial score (nSPS) is 13.0. The number of halogens is 6. The molecular formula is C37H36Cl2F4N6O3. The molecule has 52 heavy (non-hydrogen) atoms. The summed E-state index contributed by atoms with van der Waals surface area (Å²) in [5.74, 6) is 0.554. The van der Waals surface area contributed by atoms with Crippen LogP contribution in [0.2, 0.25) is 10.3 Å². The fourth-order valence-corrected chi connectivity index (χ4v) is 6.67. The summed E-state index contributed by atoms with van der Waals surface area (Å²) >= 11 is 13.3. The maximum atomic E-state index is 17.0. The molecule has 1 aliphatic heterocycles. The van der Waals surface area contributed by atoms with E-state index in [1.54, 1.807) is 43.4 Å². The Labute approximate surface area is 308 Å². The third kappa shape index (κ3) is 7.62. The Morgan fingerprint density at radius 3 is 2.04 bits per heavy atom. The van der Waals surface area contributed by atoms with Crippen LogP contribution in [0, 0.1) is 12.7 Å². The second kappa shape index (κ2) is 15.2. The van der Waals surface area contributed by atoms with Crippen LogP contribution >= 0.6 is 23.2 Å². The van der Waals surface area contributed by atoms with Crippen molar-refractivity contribution in [2.24, 2.45) is 0 Å². The van der Waals surface area contributed by atoms with Crippen LogP contribution in [0.15, 0.2) is 54.6 Å². The molecule has 3 heterocycles. The number of pyridine rings is 1. The molecular weight excluding hydrogens is 723 g/mol. The lowest BCUT2D eigenvalue weighted by atomic mass is 9.98. The third-order valence-corrected chi connectivity index (χ3v) is 9.30. The van der Waals surface area contributed by atoms with E-state index in [-0.39, 0.29) is 63.9 Å². The minimum Gasteiger partial charge on any atom is -0.497 e. The molecule has 0 aliphatic carbocycles. The molecule has 0 atom stereocenters. The summed E-state index contributed by atoms with van der Waals surface area (Å²) in [6, 6.07) is 15.9. The minimum absolute atomic E-state index is 0.0432. The van der Waals surface area contributed by atoms with Crippen molar-refractivity contribution >= 4 is 45.7 Å². The van der Waals surface area contributed by atoms with E-state index in [0.717, 1.165) is 11.1 Å². The summed E-state index contributed by atoms with van der Waals surface area (Å²) in [7, 11) is 6.93. The first-order valence-corrected chi connectivity index (χ1v) is 17.0. The highest BCUT2D eigenvalue weighted by Gasteiger charge is 2.40. The second-order valence-corrected chi connectivity index (χ2v) is 13.3. The summed E-state index contributed by atoms with van der Waals surface area (Å²) in [4.78, 5) is 18.7. The summed E-state index contributed by atoms with van der Waals surface area (Å²) < 4.78 is 78.7. The standard InChI is InChI=1S/C37H36Cl2F4N6O3/c1-21-18-26(49(19-22-6-10-24(50-4)11-7-22)20-23-8-12-25(51-5)13-9-23)44-32(29(21)37(41,42)43)27-30(38)34-28-33(31(27)40)45-36(39)46-35(28)48(16-17-52-34)15-14-47(2)3/h6-13,18H,14-17,19-20H2,1-5H3. The van der Waals surface area contributed by atoms with E-state index >= 15 is 4.39 Å². The van der Waals surface area contributed by atoms with Gasteiger partial charge >= 0.3 is 6.18 Å². The first-order chi connectivity index (χ1) is 24.8. The zero-order chi connectivity index (χ0) is 37.3. The lowest BCUT2D eigenvalue weighted by Crippen LogP contribution is -2.34. The van der Waals surface area contributed by atoms with Crippen molar-refractivity contribution < 1.29 is 31.8 Å². The van der Waals surface area contributed by atoms with Gasteiger partial charge in [0.25, 0.3) is 0 Å². The smallest absolute Gasteiger partial charge is 0.418 e. The van der Waals surface area contributed by atoms with Crippen LogP contribution in [0.25, 0.3) is 22.2 Å². The van der Waals surface area contributed by atoms with E-state index in [9.17, 15) is 13.2 Å². The average molecular weight is 760 g/mol. The van der Waals surface area contributed by atoms with Crippen LogP contribution in [-0.4, -0.2) is 74.4 Å². The van der Waals surface area contributed by atoms with Crippen LogP contribution in [-0.2, 0) is 19.3 Å². The summed E-state index contributed by atoms with van der Waals surface area (Å²) in [5, 5.41) is -0.538. The van der Waals surface area contributed by atoms with Crippen molar-refractivity contribution in [1.29, 1.82) is 0 Å². The van der Waals surface area contributed by atoms with Crippen LogP contribution < -0.4 is 24.0 Å². The number of methoxy groups -OCH3 is 2. The zero-order valence-corrected chi connectivity index (χ0v) is 30.6. The first-order valence-electron chi connectivity index (χ1n) is 16.3. The summed E-state index contributed by atoms with van der Waals surface area (Å²) in [5.41, 5.74) is -1.29. The van der Waals surface area contributed by atoms with E-state index < -0.39 is 28.8 Å². The number of rotatable bonds is 11. The van der Waals surface area contributed by atoms with Gasteiger partial charge in [0.15, 0.2) is 11.6 Å². The van der Waals surface area contributed by atoms with Gasteiger partial charge in [-0.15, -0.1) is 0 Å². The fraction of sp³-hybridized carbons (Fsp3) is 0.324. The monoisotopic (exact) mass is 758 g/mol. The highest BCUT2D eigenvalue weighted by atomic mass is 35.5. The highest BCUT2D eigenvalue weighted by molar-refractivity contribution is 6.37. The molecule has 15 heteroatoms. The van der Waals surface area contributed by atoms with Gasteiger partial charge in [-0.05, 0) is 79.6 Å². The molecule has 9 nitrogen and oxygen atoms in total. The number of anilines is 2. The number of aromatic nitrogens is 3. The topological polar surface area (TPSA) is 76.1 Å². The Morgan fingerprint density at radius 1 is 0.904 bits per heavy atom. The molecule has 1 aliphatic rings. The molecule has 0 N–H and O–H groups in total. The number of hydrogen-bond donors (Lipinski definition) is 0. The molecule has 0 fully saturated rings. The predicted octanol–water partition coefficient (Wildman–Crippen LogP) is 8.45. The largest absolute Gasteiger partial charge is 0.497 e. The molecule has 0 bridgehead atoms. The molecule has 0 unspecified atom stereocenters. The van der Waals surface area contributed by atoms with Gasteiger partial charge in [0.1, 0.15) is 35.3 Å². The Balaban J connectivity index is 1.57. The van der Waals surface area contributed by atoms with E-state index in [0.29, 0.717) is 31.1 Å². The number of hydrogen-bond acceptors (Lipinski definition) is 9. The number of ether oxygens (including phenoxy) is 3. The maximum absolute atomic E-state index is 17.0. The second-order valence-electron chi connectivity index (χ2n) is 12.6. The van der Waals surface area contributed by atoms with Crippen molar-refractivity contribution in [2.45, 2.75) is 26.2 Å². The van der Waals surface area contributed by atoms with Crippen LogP contribution in [0.5, 0.6) is 17.2 Å². The van der Waals surface area contributed by atoms with Crippen LogP contribution in [0.1, 0.15) is 22.3 Å². The molecule has 0 saturated carbocycles. The van der Waals surface area contributed by atoms with Gasteiger partial charge in [0.05, 0.1) is 48.0 Å². The van der Waals surface area contributed by atoms with Crippen molar-refractivity contribution in [3.63, 3.8) is 0 Å². The number of aryl methyl sites for hydroxylation is 1. The van der Waals surface area contributed by atoms with E-state index in [1.807, 2.05) is 48.2 Å². The van der Waals surface area contributed by atoms with Gasteiger partial charge in [0, 0.05) is 26.2 Å². The molecule has 2 aromatic heterocycles. The molecule has 0 amide bonds. The molecule has 5 aromatic rings. The third-order valence-electron chi connectivity index (χ3n) is 8.77. The van der Waals surface area contributed by atoms with Gasteiger partial charge in [-0.1, -0.05) is 35.9 Å². The van der Waals surface area contributed by atoms with Gasteiger partial charge < -0.3 is 28.9 Å². The SMILES string of the molecule is COc1ccc(CN(Cc2ccc(OC)cc2)c2cc(C)c(C(F)(F)F)c(-c3c(Cl)c4c5c(nc(Cl)nc5c3F)N(CCN(C)C)CCO4)n2)cc1. The van der Waals surface area contributed by atoms with E-state index in [2.05, 4.69) is 15.0 Å². The number of alkyl halides is 3. The van der Waals surface area contributed by atoms with Crippen molar-refractivity contribution in [3.8, 4) is 28.5 Å².